The molecule has 18 heavy (non-hydrogen) atoms. The van der Waals surface area contributed by atoms with E-state index in [1.807, 2.05) is 32.8 Å². The molecule has 6 heteroatoms. The molecule has 102 valence electrons. The highest BCUT2D eigenvalue weighted by Gasteiger charge is 2.25. The number of carbonyl (C=O) groups is 1. The van der Waals surface area contributed by atoms with Crippen molar-refractivity contribution < 1.29 is 4.79 Å². The minimum atomic E-state index is -0.490. The van der Waals surface area contributed by atoms with Crippen LogP contribution in [0.4, 0.5) is 0 Å². The summed E-state index contributed by atoms with van der Waals surface area (Å²) in [5.41, 5.74) is 6.49. The van der Waals surface area contributed by atoms with Gasteiger partial charge in [-0.1, -0.05) is 13.8 Å². The van der Waals surface area contributed by atoms with Crippen molar-refractivity contribution in [1.82, 2.24) is 14.7 Å². The van der Waals surface area contributed by atoms with E-state index in [0.29, 0.717) is 16.7 Å². The Morgan fingerprint density at radius 1 is 1.56 bits per heavy atom. The zero-order valence-electron chi connectivity index (χ0n) is 11.4. The summed E-state index contributed by atoms with van der Waals surface area (Å²) in [6, 6.07) is -0.490. The molecular formula is C12H21BrN4O. The minimum Gasteiger partial charge on any atom is -0.321 e. The molecule has 1 unspecified atom stereocenters. The van der Waals surface area contributed by atoms with E-state index in [9.17, 15) is 4.79 Å². The van der Waals surface area contributed by atoms with E-state index < -0.39 is 6.04 Å². The Morgan fingerprint density at radius 2 is 2.17 bits per heavy atom. The molecule has 0 aliphatic rings. The van der Waals surface area contributed by atoms with E-state index in [0.717, 1.165) is 6.54 Å². The first kappa shape index (κ1) is 15.3. The van der Waals surface area contributed by atoms with Gasteiger partial charge in [-0.15, -0.1) is 0 Å². The summed E-state index contributed by atoms with van der Waals surface area (Å²) in [6.07, 6.45) is 1.65. The monoisotopic (exact) mass is 316 g/mol. The van der Waals surface area contributed by atoms with Crippen LogP contribution < -0.4 is 5.73 Å². The molecule has 1 aromatic heterocycles. The maximum atomic E-state index is 12.3. The van der Waals surface area contributed by atoms with Crippen LogP contribution in [0.1, 0.15) is 24.3 Å². The van der Waals surface area contributed by atoms with Crippen molar-refractivity contribution in [3.63, 3.8) is 0 Å². The summed E-state index contributed by atoms with van der Waals surface area (Å²) in [4.78, 5) is 14.4. The summed E-state index contributed by atoms with van der Waals surface area (Å²) in [7, 11) is 3.97. The first-order valence-corrected chi connectivity index (χ1v) is 6.79. The van der Waals surface area contributed by atoms with Gasteiger partial charge in [0, 0.05) is 6.54 Å². The molecule has 0 aliphatic carbocycles. The molecule has 1 atom stereocenters. The van der Waals surface area contributed by atoms with E-state index in [2.05, 4.69) is 21.0 Å². The number of carbonyl (C=O) groups excluding carboxylic acids is 1. The zero-order valence-corrected chi connectivity index (χ0v) is 12.9. The molecule has 2 N–H and O–H groups in total. The summed E-state index contributed by atoms with van der Waals surface area (Å²) < 4.78 is 2.43. The van der Waals surface area contributed by atoms with Gasteiger partial charge in [0.25, 0.3) is 0 Å². The third-order valence-electron chi connectivity index (χ3n) is 2.81. The van der Waals surface area contributed by atoms with Crippen molar-refractivity contribution in [2.45, 2.75) is 26.4 Å². The van der Waals surface area contributed by atoms with Gasteiger partial charge in [-0.25, -0.2) is 0 Å². The Bertz CT molecular complexity index is 414. The SMILES string of the molecule is CC(C)C(N)C(=O)c1c(Br)cnn1CCN(C)C. The van der Waals surface area contributed by atoms with Gasteiger partial charge in [0.1, 0.15) is 5.69 Å². The van der Waals surface area contributed by atoms with Gasteiger partial charge >= 0.3 is 0 Å². The van der Waals surface area contributed by atoms with Crippen molar-refractivity contribution in [2.75, 3.05) is 20.6 Å². The quantitative estimate of drug-likeness (QED) is 0.805. The Hall–Kier alpha value is -0.720. The smallest absolute Gasteiger partial charge is 0.198 e. The molecule has 0 radical (unpaired) electrons. The van der Waals surface area contributed by atoms with Crippen LogP contribution in [0.3, 0.4) is 0 Å². The lowest BCUT2D eigenvalue weighted by atomic mass is 9.99. The van der Waals surface area contributed by atoms with Crippen LogP contribution in [0.2, 0.25) is 0 Å². The first-order chi connectivity index (χ1) is 8.34. The molecule has 0 fully saturated rings. The minimum absolute atomic E-state index is 0.0619. The summed E-state index contributed by atoms with van der Waals surface area (Å²) >= 11 is 3.37. The molecule has 0 aliphatic heterocycles. The second-order valence-corrected chi connectivity index (χ2v) is 5.86. The number of likely N-dealkylation sites (N-methyl/N-ethyl adjacent to an activating group) is 1. The topological polar surface area (TPSA) is 64.2 Å². The number of Topliss-reactive ketones (excluding diaryl/α,β-unsaturated/α-hetero) is 1. The number of rotatable bonds is 6. The van der Waals surface area contributed by atoms with Crippen LogP contribution in [0.25, 0.3) is 0 Å². The average Bonchev–Trinajstić information content (AvgIpc) is 2.65. The fourth-order valence-electron chi connectivity index (χ4n) is 1.53. The number of ketones is 1. The van der Waals surface area contributed by atoms with Gasteiger partial charge in [-0.05, 0) is 35.9 Å². The molecular weight excluding hydrogens is 296 g/mol. The van der Waals surface area contributed by atoms with Crippen molar-refractivity contribution >= 4 is 21.7 Å². The molecule has 1 aromatic rings. The Balaban J connectivity index is 2.93. The van der Waals surface area contributed by atoms with Crippen LogP contribution in [0.15, 0.2) is 10.7 Å². The second kappa shape index (κ2) is 6.45. The van der Waals surface area contributed by atoms with Gasteiger partial charge < -0.3 is 10.6 Å². The number of halogens is 1. The van der Waals surface area contributed by atoms with Crippen LogP contribution in [-0.4, -0.2) is 47.1 Å². The predicted octanol–water partition coefficient (Wildman–Crippen LogP) is 1.37. The third kappa shape index (κ3) is 3.63. The number of hydrogen-bond acceptors (Lipinski definition) is 4. The molecule has 0 aromatic carbocycles. The van der Waals surface area contributed by atoms with E-state index in [1.165, 1.54) is 0 Å². The third-order valence-corrected chi connectivity index (χ3v) is 3.39. The number of aromatic nitrogens is 2. The first-order valence-electron chi connectivity index (χ1n) is 6.00. The van der Waals surface area contributed by atoms with Crippen molar-refractivity contribution in [1.29, 1.82) is 0 Å². The molecule has 1 rings (SSSR count). The molecule has 1 heterocycles. The van der Waals surface area contributed by atoms with E-state index in [1.54, 1.807) is 10.9 Å². The highest BCUT2D eigenvalue weighted by molar-refractivity contribution is 9.10. The highest BCUT2D eigenvalue weighted by Crippen LogP contribution is 2.19. The van der Waals surface area contributed by atoms with Gasteiger partial charge in [-0.3, -0.25) is 9.48 Å². The fourth-order valence-corrected chi connectivity index (χ4v) is 2.02. The highest BCUT2D eigenvalue weighted by atomic mass is 79.9. The van der Waals surface area contributed by atoms with Crippen molar-refractivity contribution in [3.05, 3.63) is 16.4 Å². The maximum absolute atomic E-state index is 12.3. The fraction of sp³-hybridized carbons (Fsp3) is 0.667. The average molecular weight is 317 g/mol. The number of hydrogen-bond donors (Lipinski definition) is 1. The molecule has 0 saturated carbocycles. The number of nitrogens with two attached hydrogens (primary N) is 1. The van der Waals surface area contributed by atoms with Crippen molar-refractivity contribution in [3.8, 4) is 0 Å². The normalized spacial score (nSPS) is 13.3. The lowest BCUT2D eigenvalue weighted by Gasteiger charge is -2.16. The van der Waals surface area contributed by atoms with E-state index in [4.69, 9.17) is 5.73 Å². The zero-order chi connectivity index (χ0) is 13.9. The van der Waals surface area contributed by atoms with Gasteiger partial charge in [0.15, 0.2) is 5.78 Å². The number of nitrogens with zero attached hydrogens (tertiary/aromatic N) is 3. The summed E-state index contributed by atoms with van der Waals surface area (Å²) in [5, 5.41) is 4.22. The second-order valence-electron chi connectivity index (χ2n) is 5.00. The van der Waals surface area contributed by atoms with Crippen LogP contribution in [0, 0.1) is 5.92 Å². The van der Waals surface area contributed by atoms with E-state index in [-0.39, 0.29) is 11.7 Å². The van der Waals surface area contributed by atoms with E-state index >= 15 is 0 Å². The lowest BCUT2D eigenvalue weighted by Crippen LogP contribution is -2.37. The molecule has 0 saturated heterocycles. The Kier molecular flexibility index (Phi) is 5.49. The van der Waals surface area contributed by atoms with Crippen LogP contribution in [-0.2, 0) is 6.54 Å². The van der Waals surface area contributed by atoms with Crippen LogP contribution in [0.5, 0.6) is 0 Å². The van der Waals surface area contributed by atoms with Crippen LogP contribution >= 0.6 is 15.9 Å². The lowest BCUT2D eigenvalue weighted by molar-refractivity contribution is 0.0928. The predicted molar refractivity (Wildman–Crippen MR) is 75.6 cm³/mol. The standard InChI is InChI=1S/C12H21BrN4O/c1-8(2)10(14)12(18)11-9(13)7-15-17(11)6-5-16(3)4/h7-8,10H,5-6,14H2,1-4H3. The van der Waals surface area contributed by atoms with Crippen molar-refractivity contribution in [2.24, 2.45) is 11.7 Å². The molecule has 0 bridgehead atoms. The van der Waals surface area contributed by atoms with Gasteiger partial charge in [0.05, 0.1) is 23.3 Å². The maximum Gasteiger partial charge on any atom is 0.198 e. The largest absolute Gasteiger partial charge is 0.321 e. The Labute approximate surface area is 116 Å². The molecule has 0 spiro atoms. The van der Waals surface area contributed by atoms with Gasteiger partial charge in [0.2, 0.25) is 0 Å². The summed E-state index contributed by atoms with van der Waals surface area (Å²) in [6.45, 7) is 5.38. The molecule has 5 nitrogen and oxygen atoms in total. The Morgan fingerprint density at radius 3 is 2.67 bits per heavy atom. The molecule has 0 amide bonds. The summed E-state index contributed by atoms with van der Waals surface area (Å²) in [5.74, 6) is 0.0507. The van der Waals surface area contributed by atoms with Gasteiger partial charge in [-0.2, -0.15) is 5.10 Å².